The van der Waals surface area contributed by atoms with Gasteiger partial charge in [0.25, 0.3) is 0 Å². The molecule has 0 spiro atoms. The number of fused-ring (bicyclic) bond motifs is 2. The second kappa shape index (κ2) is 5.96. The van der Waals surface area contributed by atoms with Gasteiger partial charge in [0, 0.05) is 29.6 Å². The largest absolute Gasteiger partial charge is 0.483 e. The molecule has 0 atom stereocenters. The molecule has 2 aromatic carbocycles. The van der Waals surface area contributed by atoms with E-state index < -0.39 is 11.9 Å². The second-order valence-electron chi connectivity index (χ2n) is 4.89. The highest BCUT2D eigenvalue weighted by atomic mass is 35.5. The van der Waals surface area contributed by atoms with Gasteiger partial charge in [-0.2, -0.15) is 0 Å². The van der Waals surface area contributed by atoms with Crippen LogP contribution in [0, 0.1) is 0 Å². The molecule has 0 radical (unpaired) electrons. The molecule has 0 unspecified atom stereocenters. The highest BCUT2D eigenvalue weighted by Crippen LogP contribution is 2.52. The first kappa shape index (κ1) is 15.4. The molecular formula is C16H13ClO6. The Morgan fingerprint density at radius 1 is 0.957 bits per heavy atom. The number of esters is 2. The summed E-state index contributed by atoms with van der Waals surface area (Å²) in [7, 11) is 0. The van der Waals surface area contributed by atoms with Crippen LogP contribution < -0.4 is 18.9 Å². The van der Waals surface area contributed by atoms with E-state index in [1.807, 2.05) is 0 Å². The minimum absolute atomic E-state index is 0.195. The third kappa shape index (κ3) is 2.90. The van der Waals surface area contributed by atoms with Crippen LogP contribution in [0.2, 0.25) is 5.02 Å². The zero-order chi connectivity index (χ0) is 16.6. The van der Waals surface area contributed by atoms with Crippen LogP contribution in [0.5, 0.6) is 23.0 Å². The molecule has 1 aliphatic heterocycles. The fourth-order valence-corrected chi connectivity index (χ4v) is 2.57. The number of ether oxygens (including phenoxy) is 4. The summed E-state index contributed by atoms with van der Waals surface area (Å²) in [6.45, 7) is 3.15. The summed E-state index contributed by atoms with van der Waals surface area (Å²) in [5, 5.41) is 1.47. The van der Waals surface area contributed by atoms with E-state index in [1.54, 1.807) is 18.2 Å². The number of carbonyl (C=O) groups excluding carboxylic acids is 2. The van der Waals surface area contributed by atoms with E-state index in [0.717, 1.165) is 0 Å². The fourth-order valence-electron chi connectivity index (χ4n) is 2.39. The minimum atomic E-state index is -0.511. The molecule has 0 bridgehead atoms. The van der Waals surface area contributed by atoms with E-state index in [4.69, 9.17) is 30.5 Å². The molecule has 0 saturated carbocycles. The lowest BCUT2D eigenvalue weighted by molar-refractivity contribution is -0.133. The van der Waals surface area contributed by atoms with Crippen molar-refractivity contribution in [2.75, 3.05) is 13.2 Å². The van der Waals surface area contributed by atoms with E-state index in [1.165, 1.54) is 13.8 Å². The van der Waals surface area contributed by atoms with Gasteiger partial charge in [-0.3, -0.25) is 9.59 Å². The Hall–Kier alpha value is -2.47. The van der Waals surface area contributed by atoms with Crippen molar-refractivity contribution in [3.63, 3.8) is 0 Å². The third-order valence-electron chi connectivity index (χ3n) is 3.16. The lowest BCUT2D eigenvalue weighted by Gasteiger charge is -2.24. The second-order valence-corrected chi connectivity index (χ2v) is 5.33. The Balaban J connectivity index is 2.37. The van der Waals surface area contributed by atoms with E-state index in [0.29, 0.717) is 22.4 Å². The summed E-state index contributed by atoms with van der Waals surface area (Å²) >= 11 is 6.05. The van der Waals surface area contributed by atoms with Gasteiger partial charge in [0.15, 0.2) is 11.5 Å². The maximum Gasteiger partial charge on any atom is 0.308 e. The van der Waals surface area contributed by atoms with Crippen molar-refractivity contribution in [1.29, 1.82) is 0 Å². The summed E-state index contributed by atoms with van der Waals surface area (Å²) in [5.74, 6) is -0.147. The summed E-state index contributed by atoms with van der Waals surface area (Å²) in [5.41, 5.74) is 0. The Morgan fingerprint density at radius 2 is 1.48 bits per heavy atom. The van der Waals surface area contributed by atoms with Gasteiger partial charge in [-0.15, -0.1) is 0 Å². The van der Waals surface area contributed by atoms with Crippen LogP contribution in [-0.2, 0) is 9.59 Å². The number of hydrogen-bond donors (Lipinski definition) is 0. The van der Waals surface area contributed by atoms with E-state index >= 15 is 0 Å². The molecule has 1 heterocycles. The predicted octanol–water partition coefficient (Wildman–Crippen LogP) is 3.12. The van der Waals surface area contributed by atoms with Gasteiger partial charge in [0.1, 0.15) is 13.2 Å². The van der Waals surface area contributed by atoms with E-state index in [-0.39, 0.29) is 29.6 Å². The Labute approximate surface area is 136 Å². The molecule has 23 heavy (non-hydrogen) atoms. The molecule has 1 aliphatic rings. The standard InChI is InChI=1S/C16H13ClO6/c1-8(18)22-13-11-4-3-10(17)7-12(11)14(23-9(2)19)16-15(13)20-5-6-21-16/h3-4,7H,5-6H2,1-2H3. The smallest absolute Gasteiger partial charge is 0.308 e. The van der Waals surface area contributed by atoms with Crippen molar-refractivity contribution in [1.82, 2.24) is 0 Å². The van der Waals surface area contributed by atoms with Crippen LogP contribution in [0.1, 0.15) is 13.8 Å². The Morgan fingerprint density at radius 3 is 2.00 bits per heavy atom. The first-order valence-corrected chi connectivity index (χ1v) is 7.27. The van der Waals surface area contributed by atoms with Gasteiger partial charge < -0.3 is 18.9 Å². The molecule has 6 nitrogen and oxygen atoms in total. The van der Waals surface area contributed by atoms with Gasteiger partial charge in [-0.1, -0.05) is 11.6 Å². The average Bonchev–Trinajstić information content (AvgIpc) is 2.49. The number of carbonyl (C=O) groups is 2. The molecule has 0 fully saturated rings. The molecule has 120 valence electrons. The van der Waals surface area contributed by atoms with Crippen molar-refractivity contribution >= 4 is 34.3 Å². The Bertz CT molecular complexity index is 814. The molecule has 0 aromatic heterocycles. The molecule has 0 N–H and O–H groups in total. The van der Waals surface area contributed by atoms with Crippen LogP contribution in [0.3, 0.4) is 0 Å². The molecule has 0 amide bonds. The number of halogens is 1. The van der Waals surface area contributed by atoms with Crippen LogP contribution in [0.25, 0.3) is 10.8 Å². The minimum Gasteiger partial charge on any atom is -0.483 e. The number of hydrogen-bond acceptors (Lipinski definition) is 6. The zero-order valence-corrected chi connectivity index (χ0v) is 13.2. The summed E-state index contributed by atoms with van der Waals surface area (Å²) < 4.78 is 21.8. The van der Waals surface area contributed by atoms with Crippen molar-refractivity contribution in [2.24, 2.45) is 0 Å². The topological polar surface area (TPSA) is 71.1 Å². The summed E-state index contributed by atoms with van der Waals surface area (Å²) in [6, 6.07) is 4.92. The lowest BCUT2D eigenvalue weighted by atomic mass is 10.1. The normalized spacial score (nSPS) is 12.8. The van der Waals surface area contributed by atoms with Crippen molar-refractivity contribution in [3.05, 3.63) is 23.2 Å². The Kier molecular flexibility index (Phi) is 4.00. The van der Waals surface area contributed by atoms with Gasteiger partial charge >= 0.3 is 11.9 Å². The van der Waals surface area contributed by atoms with Crippen LogP contribution in [0.4, 0.5) is 0 Å². The monoisotopic (exact) mass is 336 g/mol. The van der Waals surface area contributed by atoms with Crippen molar-refractivity contribution < 1.29 is 28.5 Å². The fraction of sp³-hybridized carbons (Fsp3) is 0.250. The van der Waals surface area contributed by atoms with Gasteiger partial charge in [-0.25, -0.2) is 0 Å². The average molecular weight is 337 g/mol. The number of rotatable bonds is 2. The van der Waals surface area contributed by atoms with Gasteiger partial charge in [0.05, 0.1) is 0 Å². The van der Waals surface area contributed by atoms with E-state index in [9.17, 15) is 9.59 Å². The van der Waals surface area contributed by atoms with Crippen LogP contribution in [0.15, 0.2) is 18.2 Å². The maximum atomic E-state index is 11.5. The first-order valence-electron chi connectivity index (χ1n) is 6.89. The van der Waals surface area contributed by atoms with Crippen LogP contribution in [-0.4, -0.2) is 25.2 Å². The quantitative estimate of drug-likeness (QED) is 0.620. The van der Waals surface area contributed by atoms with Crippen molar-refractivity contribution in [3.8, 4) is 23.0 Å². The maximum absolute atomic E-state index is 11.5. The molecular weight excluding hydrogens is 324 g/mol. The first-order chi connectivity index (χ1) is 11.0. The van der Waals surface area contributed by atoms with E-state index in [2.05, 4.69) is 0 Å². The molecule has 7 heteroatoms. The lowest BCUT2D eigenvalue weighted by Crippen LogP contribution is -2.18. The predicted molar refractivity (Wildman–Crippen MR) is 82.6 cm³/mol. The SMILES string of the molecule is CC(=O)Oc1c2c(c(OC(C)=O)c3cc(Cl)ccc13)OCCO2. The zero-order valence-electron chi connectivity index (χ0n) is 12.5. The molecule has 2 aromatic rings. The molecule has 3 rings (SSSR count). The van der Waals surface area contributed by atoms with Crippen LogP contribution >= 0.6 is 11.6 Å². The molecule has 0 aliphatic carbocycles. The number of benzene rings is 2. The molecule has 0 saturated heterocycles. The third-order valence-corrected chi connectivity index (χ3v) is 3.39. The summed E-state index contributed by atoms with van der Waals surface area (Å²) in [4.78, 5) is 22.9. The highest BCUT2D eigenvalue weighted by molar-refractivity contribution is 6.31. The summed E-state index contributed by atoms with van der Waals surface area (Å²) in [6.07, 6.45) is 0. The van der Waals surface area contributed by atoms with Gasteiger partial charge in [0.2, 0.25) is 11.5 Å². The van der Waals surface area contributed by atoms with Crippen molar-refractivity contribution in [2.45, 2.75) is 13.8 Å². The van der Waals surface area contributed by atoms with Gasteiger partial charge in [-0.05, 0) is 18.2 Å². The highest BCUT2D eigenvalue weighted by Gasteiger charge is 2.28.